The monoisotopic (exact) mass is 510 g/mol. The number of fused-ring (bicyclic) bond motifs is 3. The average molecular weight is 511 g/mol. The van der Waals surface area contributed by atoms with Crippen LogP contribution in [-0.2, 0) is 0 Å². The molecule has 0 bridgehead atoms. The highest BCUT2D eigenvalue weighted by Crippen LogP contribution is 2.81. The van der Waals surface area contributed by atoms with Crippen molar-refractivity contribution in [3.8, 4) is 11.1 Å². The van der Waals surface area contributed by atoms with Gasteiger partial charge < -0.3 is 0 Å². The van der Waals surface area contributed by atoms with Crippen LogP contribution in [0.3, 0.4) is 0 Å². The van der Waals surface area contributed by atoms with Gasteiger partial charge in [0.25, 0.3) is 0 Å². The van der Waals surface area contributed by atoms with E-state index in [1.54, 1.807) is 12.1 Å². The van der Waals surface area contributed by atoms with Crippen molar-refractivity contribution < 1.29 is 9.59 Å². The van der Waals surface area contributed by atoms with Crippen LogP contribution < -0.4 is 0 Å². The van der Waals surface area contributed by atoms with Crippen molar-refractivity contribution in [3.05, 3.63) is 101 Å². The van der Waals surface area contributed by atoms with Crippen LogP contribution in [0.25, 0.3) is 21.9 Å². The van der Waals surface area contributed by atoms with Crippen LogP contribution >= 0.6 is 9.16 Å². The first-order chi connectivity index (χ1) is 17.5. The normalized spacial score (nSPS) is 14.7. The quantitative estimate of drug-likeness (QED) is 0.240. The third-order valence-electron chi connectivity index (χ3n) is 9.90. The fraction of sp³-hybridized carbons (Fsp3) is 0.294. The van der Waals surface area contributed by atoms with E-state index < -0.39 is 9.16 Å². The molecule has 0 atom stereocenters. The molecule has 0 unspecified atom stereocenters. The first-order valence-electron chi connectivity index (χ1n) is 13.4. The molecule has 0 amide bonds. The summed E-state index contributed by atoms with van der Waals surface area (Å²) in [5, 5.41) is 4.18. The fourth-order valence-electron chi connectivity index (χ4n) is 6.76. The Morgan fingerprint density at radius 2 is 1.00 bits per heavy atom. The summed E-state index contributed by atoms with van der Waals surface area (Å²) in [6.07, 6.45) is 2.58. The molecule has 0 radical (unpaired) electrons. The maximum atomic E-state index is 13.3. The molecule has 37 heavy (non-hydrogen) atoms. The van der Waals surface area contributed by atoms with E-state index in [-0.39, 0.29) is 11.6 Å². The van der Waals surface area contributed by atoms with Crippen LogP contribution in [-0.4, -0.2) is 33.6 Å². The van der Waals surface area contributed by atoms with E-state index in [0.29, 0.717) is 38.0 Å². The molecule has 192 valence electrons. The summed E-state index contributed by atoms with van der Waals surface area (Å²) in [7, 11) is -2.28. The third-order valence-corrected chi connectivity index (χ3v) is 19.8. The van der Waals surface area contributed by atoms with E-state index in [4.69, 9.17) is 0 Å². The minimum absolute atomic E-state index is 0.0785. The lowest BCUT2D eigenvalue weighted by Crippen LogP contribution is -2.41. The number of thiol groups is 1. The van der Waals surface area contributed by atoms with Gasteiger partial charge >= 0.3 is 0 Å². The molecule has 3 heteroatoms. The molecule has 4 aromatic carbocycles. The van der Waals surface area contributed by atoms with Gasteiger partial charge in [-0.05, 0) is 73.1 Å². The van der Waals surface area contributed by atoms with Crippen LogP contribution in [0, 0.1) is 0 Å². The Morgan fingerprint density at radius 3 is 1.59 bits per heavy atom. The zero-order chi connectivity index (χ0) is 26.7. The van der Waals surface area contributed by atoms with Crippen LogP contribution in [0.15, 0.2) is 83.8 Å². The minimum Gasteiger partial charge on any atom is -0.289 e. The predicted molar refractivity (Wildman–Crippen MR) is 161 cm³/mol. The lowest BCUT2D eigenvalue weighted by Gasteiger charge is -2.69. The second-order valence-electron chi connectivity index (χ2n) is 11.8. The van der Waals surface area contributed by atoms with Crippen LogP contribution in [0.5, 0.6) is 0 Å². The number of rotatable bonds is 5. The van der Waals surface area contributed by atoms with Gasteiger partial charge in [0.05, 0.1) is 0 Å². The molecule has 0 heterocycles. The summed E-state index contributed by atoms with van der Waals surface area (Å²) in [4.78, 5) is 27.8. The van der Waals surface area contributed by atoms with Crippen molar-refractivity contribution in [2.75, 3.05) is 6.26 Å². The summed E-state index contributed by atoms with van der Waals surface area (Å²) < 4.78 is 0. The Bertz CT molecular complexity index is 1550. The van der Waals surface area contributed by atoms with E-state index in [1.165, 1.54) is 15.7 Å². The molecular weight excluding hydrogens is 472 g/mol. The SMILES string of the molecule is CC(C)[SH](C)(c1ccc2ccc(-c3ccc4c(c3)C(=O)c3ccccc3C4=O)cc2c1)(C(C)C)C(C)C. The maximum Gasteiger partial charge on any atom is 0.194 e. The van der Waals surface area contributed by atoms with E-state index in [2.05, 4.69) is 84.2 Å². The summed E-state index contributed by atoms with van der Waals surface area (Å²) in [5.41, 5.74) is 3.98. The van der Waals surface area contributed by atoms with Gasteiger partial charge in [-0.2, -0.15) is 0 Å². The molecule has 0 N–H and O–H groups in total. The second kappa shape index (κ2) is 8.70. The van der Waals surface area contributed by atoms with Gasteiger partial charge in [-0.3, -0.25) is 18.8 Å². The van der Waals surface area contributed by atoms with Gasteiger partial charge in [0, 0.05) is 22.3 Å². The topological polar surface area (TPSA) is 34.1 Å². The number of hydrogen-bond donors (Lipinski definition) is 1. The highest BCUT2D eigenvalue weighted by molar-refractivity contribution is 8.50. The van der Waals surface area contributed by atoms with E-state index >= 15 is 0 Å². The molecule has 0 spiro atoms. The maximum absolute atomic E-state index is 13.3. The van der Waals surface area contributed by atoms with Crippen LogP contribution in [0.1, 0.15) is 73.4 Å². The molecule has 0 fully saturated rings. The first-order valence-corrected chi connectivity index (χ1v) is 16.3. The lowest BCUT2D eigenvalue weighted by molar-refractivity contribution is 0.0979. The largest absolute Gasteiger partial charge is 0.289 e. The molecule has 0 aromatic heterocycles. The third kappa shape index (κ3) is 3.47. The van der Waals surface area contributed by atoms with E-state index in [1.807, 2.05) is 30.3 Å². The molecule has 1 aliphatic carbocycles. The lowest BCUT2D eigenvalue weighted by atomic mass is 9.83. The average Bonchev–Trinajstić information content (AvgIpc) is 2.89. The van der Waals surface area contributed by atoms with E-state index in [0.717, 1.165) is 11.1 Å². The second-order valence-corrected chi connectivity index (χ2v) is 19.1. The Morgan fingerprint density at radius 1 is 0.514 bits per heavy atom. The Balaban J connectivity index is 1.65. The molecule has 1 aliphatic rings. The van der Waals surface area contributed by atoms with Crippen LogP contribution in [0.4, 0.5) is 0 Å². The standard InChI is InChI=1S/C34H38O2S/c1-21(2)37(7,22(3)4,23(5)6)28-16-14-24-12-13-25(18-27(24)19-28)26-15-17-31-32(20-26)34(36)30-11-9-8-10-29(30)33(31)35/h8-23,37H,1-7H3. The van der Waals surface area contributed by atoms with Gasteiger partial charge in [0.15, 0.2) is 11.6 Å². The Labute approximate surface area is 221 Å². The summed E-state index contributed by atoms with van der Waals surface area (Å²) in [5.74, 6) is -0.158. The number of hydrogen-bond acceptors (Lipinski definition) is 2. The molecule has 0 saturated heterocycles. The molecule has 5 rings (SSSR count). The van der Waals surface area contributed by atoms with Crippen molar-refractivity contribution in [1.29, 1.82) is 0 Å². The zero-order valence-electron chi connectivity index (χ0n) is 23.0. The molecule has 4 aromatic rings. The fourth-order valence-corrected chi connectivity index (χ4v) is 13.1. The highest BCUT2D eigenvalue weighted by Gasteiger charge is 2.47. The zero-order valence-corrected chi connectivity index (χ0v) is 23.9. The Hall–Kier alpha value is -3.17. The molecule has 0 saturated carbocycles. The van der Waals surface area contributed by atoms with Gasteiger partial charge in [-0.1, -0.05) is 96.1 Å². The number of carbonyl (C=O) groups excluding carboxylic acids is 2. The summed E-state index contributed by atoms with van der Waals surface area (Å²) in [6, 6.07) is 26.4. The molecule has 0 aliphatic heterocycles. The van der Waals surface area contributed by atoms with Crippen molar-refractivity contribution in [2.24, 2.45) is 0 Å². The van der Waals surface area contributed by atoms with Crippen molar-refractivity contribution >= 4 is 31.5 Å². The van der Waals surface area contributed by atoms with Gasteiger partial charge in [0.2, 0.25) is 0 Å². The first kappa shape index (κ1) is 25.5. The van der Waals surface area contributed by atoms with Crippen molar-refractivity contribution in [2.45, 2.75) is 62.2 Å². The van der Waals surface area contributed by atoms with Crippen LogP contribution in [0.2, 0.25) is 0 Å². The smallest absolute Gasteiger partial charge is 0.194 e. The summed E-state index contributed by atoms with van der Waals surface area (Å²) >= 11 is 0. The van der Waals surface area contributed by atoms with Gasteiger partial charge in [-0.15, -0.1) is 0 Å². The van der Waals surface area contributed by atoms with Crippen molar-refractivity contribution in [1.82, 2.24) is 0 Å². The number of benzene rings is 4. The Kier molecular flexibility index (Phi) is 5.99. The summed E-state index contributed by atoms with van der Waals surface area (Å²) in [6.45, 7) is 14.4. The van der Waals surface area contributed by atoms with Crippen molar-refractivity contribution in [3.63, 3.8) is 0 Å². The predicted octanol–water partition coefficient (Wildman–Crippen LogP) is 8.57. The number of ketones is 2. The van der Waals surface area contributed by atoms with Gasteiger partial charge in [0.1, 0.15) is 0 Å². The number of carbonyl (C=O) groups is 2. The van der Waals surface area contributed by atoms with Gasteiger partial charge in [-0.25, -0.2) is 0 Å². The minimum atomic E-state index is -2.28. The van der Waals surface area contributed by atoms with E-state index in [9.17, 15) is 9.59 Å². The molecular formula is C34H38O2S. The molecule has 2 nitrogen and oxygen atoms in total. The highest BCUT2D eigenvalue weighted by atomic mass is 32.3.